The highest BCUT2D eigenvalue weighted by Gasteiger charge is 1.97. The molecule has 17 heavy (non-hydrogen) atoms. The SMILES string of the molecule is CCOc1cccc(CNCCC(C)C)c1.Cl. The summed E-state index contributed by atoms with van der Waals surface area (Å²) in [6.07, 6.45) is 1.23. The lowest BCUT2D eigenvalue weighted by molar-refractivity contribution is 0.340. The molecule has 1 aromatic carbocycles. The van der Waals surface area contributed by atoms with Crippen molar-refractivity contribution in [2.45, 2.75) is 33.7 Å². The normalized spacial score (nSPS) is 10.1. The van der Waals surface area contributed by atoms with Crippen LogP contribution >= 0.6 is 12.4 Å². The Hall–Kier alpha value is -0.730. The molecule has 0 atom stereocenters. The van der Waals surface area contributed by atoms with Gasteiger partial charge in [-0.05, 0) is 43.5 Å². The van der Waals surface area contributed by atoms with Gasteiger partial charge in [0.2, 0.25) is 0 Å². The number of benzene rings is 1. The monoisotopic (exact) mass is 257 g/mol. The molecule has 0 unspecified atom stereocenters. The lowest BCUT2D eigenvalue weighted by Crippen LogP contribution is -2.16. The first kappa shape index (κ1) is 16.3. The molecular weight excluding hydrogens is 234 g/mol. The second-order valence-corrected chi connectivity index (χ2v) is 4.44. The highest BCUT2D eigenvalue weighted by atomic mass is 35.5. The van der Waals surface area contributed by atoms with Crippen LogP contribution in [0.15, 0.2) is 24.3 Å². The van der Waals surface area contributed by atoms with E-state index in [4.69, 9.17) is 4.74 Å². The molecule has 1 aromatic rings. The van der Waals surface area contributed by atoms with Crippen molar-refractivity contribution in [3.05, 3.63) is 29.8 Å². The van der Waals surface area contributed by atoms with Crippen LogP contribution in [0.2, 0.25) is 0 Å². The van der Waals surface area contributed by atoms with Crippen molar-refractivity contribution in [2.75, 3.05) is 13.2 Å². The molecule has 3 heteroatoms. The molecular formula is C14H24ClNO. The lowest BCUT2D eigenvalue weighted by Gasteiger charge is -2.08. The zero-order chi connectivity index (χ0) is 11.8. The summed E-state index contributed by atoms with van der Waals surface area (Å²) < 4.78 is 5.46. The van der Waals surface area contributed by atoms with E-state index in [0.29, 0.717) is 0 Å². The van der Waals surface area contributed by atoms with Crippen LogP contribution in [0.5, 0.6) is 5.75 Å². The van der Waals surface area contributed by atoms with Gasteiger partial charge in [-0.2, -0.15) is 0 Å². The van der Waals surface area contributed by atoms with Crippen LogP contribution in [0.25, 0.3) is 0 Å². The predicted octanol–water partition coefficient (Wildman–Crippen LogP) is 3.64. The summed E-state index contributed by atoms with van der Waals surface area (Å²) in [5.74, 6) is 1.73. The van der Waals surface area contributed by atoms with Gasteiger partial charge in [0, 0.05) is 6.54 Å². The van der Waals surface area contributed by atoms with E-state index in [1.807, 2.05) is 19.1 Å². The van der Waals surface area contributed by atoms with E-state index < -0.39 is 0 Å². The fraction of sp³-hybridized carbons (Fsp3) is 0.571. The third-order valence-electron chi connectivity index (χ3n) is 2.44. The van der Waals surface area contributed by atoms with Gasteiger partial charge in [0.05, 0.1) is 6.61 Å². The van der Waals surface area contributed by atoms with E-state index in [1.54, 1.807) is 0 Å². The molecule has 0 fully saturated rings. The third kappa shape index (κ3) is 7.24. The highest BCUT2D eigenvalue weighted by molar-refractivity contribution is 5.85. The van der Waals surface area contributed by atoms with Crippen LogP contribution in [-0.4, -0.2) is 13.2 Å². The van der Waals surface area contributed by atoms with E-state index in [1.165, 1.54) is 12.0 Å². The van der Waals surface area contributed by atoms with E-state index in [2.05, 4.69) is 31.3 Å². The largest absolute Gasteiger partial charge is 0.494 e. The molecule has 1 N–H and O–H groups in total. The zero-order valence-corrected chi connectivity index (χ0v) is 11.8. The van der Waals surface area contributed by atoms with Gasteiger partial charge >= 0.3 is 0 Å². The Morgan fingerprint density at radius 2 is 2.06 bits per heavy atom. The van der Waals surface area contributed by atoms with Gasteiger partial charge in [0.25, 0.3) is 0 Å². The van der Waals surface area contributed by atoms with Gasteiger partial charge in [-0.25, -0.2) is 0 Å². The van der Waals surface area contributed by atoms with Crippen LogP contribution < -0.4 is 10.1 Å². The predicted molar refractivity (Wildman–Crippen MR) is 76.0 cm³/mol. The van der Waals surface area contributed by atoms with Crippen molar-refractivity contribution in [2.24, 2.45) is 5.92 Å². The van der Waals surface area contributed by atoms with Crippen molar-refractivity contribution < 1.29 is 4.74 Å². The molecule has 0 saturated carbocycles. The molecule has 0 bridgehead atoms. The third-order valence-corrected chi connectivity index (χ3v) is 2.44. The van der Waals surface area contributed by atoms with Gasteiger partial charge < -0.3 is 10.1 Å². The number of nitrogens with one attached hydrogen (secondary N) is 1. The van der Waals surface area contributed by atoms with Gasteiger partial charge in [-0.15, -0.1) is 12.4 Å². The lowest BCUT2D eigenvalue weighted by atomic mass is 10.1. The highest BCUT2D eigenvalue weighted by Crippen LogP contribution is 2.13. The summed E-state index contributed by atoms with van der Waals surface area (Å²) in [6, 6.07) is 8.28. The maximum atomic E-state index is 5.46. The minimum absolute atomic E-state index is 0. The Labute approximate surface area is 111 Å². The first-order valence-corrected chi connectivity index (χ1v) is 6.14. The molecule has 0 saturated heterocycles. The van der Waals surface area contributed by atoms with Crippen molar-refractivity contribution in [3.8, 4) is 5.75 Å². The fourth-order valence-electron chi connectivity index (χ4n) is 1.54. The molecule has 0 amide bonds. The molecule has 0 aliphatic heterocycles. The molecule has 98 valence electrons. The molecule has 2 nitrogen and oxygen atoms in total. The van der Waals surface area contributed by atoms with E-state index in [9.17, 15) is 0 Å². The number of hydrogen-bond acceptors (Lipinski definition) is 2. The Balaban J connectivity index is 0.00000256. The van der Waals surface area contributed by atoms with Gasteiger partial charge in [0.1, 0.15) is 5.75 Å². The first-order chi connectivity index (χ1) is 7.72. The summed E-state index contributed by atoms with van der Waals surface area (Å²) in [4.78, 5) is 0. The average molecular weight is 258 g/mol. The Morgan fingerprint density at radius 1 is 1.29 bits per heavy atom. The number of halogens is 1. The average Bonchev–Trinajstić information content (AvgIpc) is 2.25. The fourth-order valence-corrected chi connectivity index (χ4v) is 1.54. The van der Waals surface area contributed by atoms with Gasteiger partial charge in [-0.1, -0.05) is 26.0 Å². The zero-order valence-electron chi connectivity index (χ0n) is 11.0. The maximum Gasteiger partial charge on any atom is 0.119 e. The molecule has 0 aliphatic rings. The van der Waals surface area contributed by atoms with E-state index >= 15 is 0 Å². The summed E-state index contributed by atoms with van der Waals surface area (Å²) in [5.41, 5.74) is 1.29. The maximum absolute atomic E-state index is 5.46. The summed E-state index contributed by atoms with van der Waals surface area (Å²) in [6.45, 7) is 9.23. The summed E-state index contributed by atoms with van der Waals surface area (Å²) >= 11 is 0. The minimum Gasteiger partial charge on any atom is -0.494 e. The van der Waals surface area contributed by atoms with E-state index in [0.717, 1.165) is 31.4 Å². The van der Waals surface area contributed by atoms with Crippen molar-refractivity contribution in [1.29, 1.82) is 0 Å². The van der Waals surface area contributed by atoms with Crippen LogP contribution in [0, 0.1) is 5.92 Å². The van der Waals surface area contributed by atoms with Crippen molar-refractivity contribution >= 4 is 12.4 Å². The number of ether oxygens (including phenoxy) is 1. The first-order valence-electron chi connectivity index (χ1n) is 6.14. The van der Waals surface area contributed by atoms with E-state index in [-0.39, 0.29) is 12.4 Å². The molecule has 0 spiro atoms. The smallest absolute Gasteiger partial charge is 0.119 e. The minimum atomic E-state index is 0. The Bertz CT molecular complexity index is 302. The summed E-state index contributed by atoms with van der Waals surface area (Å²) in [5, 5.41) is 3.45. The number of hydrogen-bond donors (Lipinski definition) is 1. The molecule has 0 aromatic heterocycles. The summed E-state index contributed by atoms with van der Waals surface area (Å²) in [7, 11) is 0. The quantitative estimate of drug-likeness (QED) is 0.753. The van der Waals surface area contributed by atoms with Crippen LogP contribution in [0.3, 0.4) is 0 Å². The topological polar surface area (TPSA) is 21.3 Å². The Morgan fingerprint density at radius 3 is 2.71 bits per heavy atom. The van der Waals surface area contributed by atoms with Crippen molar-refractivity contribution in [3.63, 3.8) is 0 Å². The molecule has 0 aliphatic carbocycles. The second kappa shape index (κ2) is 9.32. The van der Waals surface area contributed by atoms with Gasteiger partial charge in [-0.3, -0.25) is 0 Å². The van der Waals surface area contributed by atoms with Crippen molar-refractivity contribution in [1.82, 2.24) is 5.32 Å². The second-order valence-electron chi connectivity index (χ2n) is 4.44. The van der Waals surface area contributed by atoms with Gasteiger partial charge in [0.15, 0.2) is 0 Å². The molecule has 0 radical (unpaired) electrons. The standard InChI is InChI=1S/C14H23NO.ClH/c1-4-16-14-7-5-6-13(10-14)11-15-9-8-12(2)3;/h5-7,10,12,15H,4,8-9,11H2,1-3H3;1H. The van der Waals surface area contributed by atoms with Crippen LogP contribution in [0.4, 0.5) is 0 Å². The number of rotatable bonds is 7. The Kier molecular flexibility index (Phi) is 8.92. The molecule has 0 heterocycles. The van der Waals surface area contributed by atoms with Crippen LogP contribution in [-0.2, 0) is 6.54 Å². The van der Waals surface area contributed by atoms with Crippen LogP contribution in [0.1, 0.15) is 32.8 Å². The molecule has 1 rings (SSSR count).